The third-order valence-corrected chi connectivity index (χ3v) is 6.91. The molecule has 1 aliphatic carbocycles. The Labute approximate surface area is 181 Å². The maximum Gasteiger partial charge on any atom is 0.315 e. The van der Waals surface area contributed by atoms with Crippen LogP contribution in [0.25, 0.3) is 0 Å². The molecule has 0 saturated heterocycles. The molecule has 2 atom stereocenters. The highest BCUT2D eigenvalue weighted by atomic mass is 35.5. The zero-order chi connectivity index (χ0) is 21.6. The van der Waals surface area contributed by atoms with E-state index in [1.807, 2.05) is 30.3 Å². The zero-order valence-electron chi connectivity index (χ0n) is 16.4. The molecule has 162 valence electrons. The number of halogens is 2. The number of sulfonamides is 1. The molecule has 0 aliphatic heterocycles. The van der Waals surface area contributed by atoms with Gasteiger partial charge in [0.1, 0.15) is 5.82 Å². The van der Waals surface area contributed by atoms with Gasteiger partial charge < -0.3 is 10.6 Å². The van der Waals surface area contributed by atoms with Crippen molar-refractivity contribution in [2.24, 2.45) is 0 Å². The van der Waals surface area contributed by atoms with Gasteiger partial charge in [-0.15, -0.1) is 0 Å². The summed E-state index contributed by atoms with van der Waals surface area (Å²) in [7, 11) is -3.89. The molecule has 0 bridgehead atoms. The van der Waals surface area contributed by atoms with E-state index in [9.17, 15) is 17.6 Å². The van der Waals surface area contributed by atoms with E-state index in [1.165, 1.54) is 6.07 Å². The highest BCUT2D eigenvalue weighted by Crippen LogP contribution is 2.23. The van der Waals surface area contributed by atoms with Crippen LogP contribution in [0, 0.1) is 5.82 Å². The maximum atomic E-state index is 13.4. The molecule has 2 unspecified atom stereocenters. The van der Waals surface area contributed by atoms with Crippen molar-refractivity contribution in [2.75, 3.05) is 6.54 Å². The Morgan fingerprint density at radius 2 is 1.77 bits per heavy atom. The van der Waals surface area contributed by atoms with Crippen molar-refractivity contribution in [1.29, 1.82) is 0 Å². The van der Waals surface area contributed by atoms with Gasteiger partial charge in [-0.3, -0.25) is 0 Å². The van der Waals surface area contributed by atoms with Crippen molar-refractivity contribution in [2.45, 2.75) is 49.1 Å². The summed E-state index contributed by atoms with van der Waals surface area (Å²) in [5, 5.41) is 5.45. The number of benzene rings is 2. The third-order valence-electron chi connectivity index (χ3n) is 5.13. The van der Waals surface area contributed by atoms with Gasteiger partial charge in [-0.1, -0.05) is 54.8 Å². The SMILES string of the molecule is O=C(NCCc1ccccc1)NC1CCCCC1NS(=O)(=O)c1ccc(F)c(Cl)c1. The highest BCUT2D eigenvalue weighted by molar-refractivity contribution is 7.89. The second-order valence-corrected chi connectivity index (χ2v) is 9.45. The molecule has 6 nitrogen and oxygen atoms in total. The standard InChI is InChI=1S/C21H25ClFN3O3S/c22-17-14-16(10-11-18(17)23)30(28,29)26-20-9-5-4-8-19(20)25-21(27)24-13-12-15-6-2-1-3-7-15/h1-3,6-7,10-11,14,19-20,26H,4-5,8-9,12-13H2,(H2,24,25,27). The molecule has 2 amide bonds. The molecular weight excluding hydrogens is 429 g/mol. The fourth-order valence-corrected chi connectivity index (χ4v) is 5.12. The van der Waals surface area contributed by atoms with Crippen molar-refractivity contribution < 1.29 is 17.6 Å². The largest absolute Gasteiger partial charge is 0.338 e. The lowest BCUT2D eigenvalue weighted by Crippen LogP contribution is -2.55. The lowest BCUT2D eigenvalue weighted by Gasteiger charge is -2.32. The highest BCUT2D eigenvalue weighted by Gasteiger charge is 2.30. The van der Waals surface area contributed by atoms with E-state index in [0.717, 1.165) is 30.5 Å². The van der Waals surface area contributed by atoms with Gasteiger partial charge in [0.15, 0.2) is 0 Å². The maximum absolute atomic E-state index is 13.4. The Kier molecular flexibility index (Phi) is 7.69. The van der Waals surface area contributed by atoms with Crippen LogP contribution in [0.2, 0.25) is 5.02 Å². The molecule has 30 heavy (non-hydrogen) atoms. The summed E-state index contributed by atoms with van der Waals surface area (Å²) in [5.74, 6) is -0.681. The zero-order valence-corrected chi connectivity index (χ0v) is 18.0. The molecule has 0 radical (unpaired) electrons. The van der Waals surface area contributed by atoms with E-state index >= 15 is 0 Å². The first-order valence-electron chi connectivity index (χ1n) is 9.91. The Balaban J connectivity index is 1.57. The number of carbonyl (C=O) groups is 1. The molecule has 1 saturated carbocycles. The number of urea groups is 1. The summed E-state index contributed by atoms with van der Waals surface area (Å²) in [4.78, 5) is 12.2. The van der Waals surface area contributed by atoms with Crippen LogP contribution in [0.15, 0.2) is 53.4 Å². The first-order chi connectivity index (χ1) is 14.3. The minimum absolute atomic E-state index is 0.106. The van der Waals surface area contributed by atoms with Crippen molar-refractivity contribution >= 4 is 27.7 Å². The topological polar surface area (TPSA) is 87.3 Å². The van der Waals surface area contributed by atoms with Gasteiger partial charge in [-0.05, 0) is 43.0 Å². The second kappa shape index (κ2) is 10.2. The number of amides is 2. The van der Waals surface area contributed by atoms with E-state index in [2.05, 4.69) is 15.4 Å². The van der Waals surface area contributed by atoms with E-state index in [0.29, 0.717) is 25.8 Å². The summed E-state index contributed by atoms with van der Waals surface area (Å²) in [6, 6.07) is 12.0. The van der Waals surface area contributed by atoms with Crippen LogP contribution in [-0.2, 0) is 16.4 Å². The van der Waals surface area contributed by atoms with Gasteiger partial charge in [0.25, 0.3) is 0 Å². The van der Waals surface area contributed by atoms with Crippen LogP contribution in [0.3, 0.4) is 0 Å². The third kappa shape index (κ3) is 6.17. The lowest BCUT2D eigenvalue weighted by atomic mass is 9.91. The molecule has 3 N–H and O–H groups in total. The van der Waals surface area contributed by atoms with Crippen LogP contribution in [0.4, 0.5) is 9.18 Å². The molecule has 0 spiro atoms. The van der Waals surface area contributed by atoms with Crippen molar-refractivity contribution in [3.8, 4) is 0 Å². The summed E-state index contributed by atoms with van der Waals surface area (Å²) >= 11 is 5.72. The molecule has 2 aromatic carbocycles. The molecule has 0 aromatic heterocycles. The van der Waals surface area contributed by atoms with Crippen molar-refractivity contribution in [3.63, 3.8) is 0 Å². The first kappa shape index (κ1) is 22.5. The number of hydrogen-bond donors (Lipinski definition) is 3. The van der Waals surface area contributed by atoms with Crippen molar-refractivity contribution in [3.05, 3.63) is 64.9 Å². The lowest BCUT2D eigenvalue weighted by molar-refractivity contribution is 0.227. The number of hydrogen-bond acceptors (Lipinski definition) is 3. The van der Waals surface area contributed by atoms with E-state index in [4.69, 9.17) is 11.6 Å². The average molecular weight is 454 g/mol. The van der Waals surface area contributed by atoms with Crippen LogP contribution in [-0.4, -0.2) is 33.1 Å². The minimum atomic E-state index is -3.89. The molecule has 9 heteroatoms. The summed E-state index contributed by atoms with van der Waals surface area (Å²) in [6.07, 6.45) is 3.73. The summed E-state index contributed by atoms with van der Waals surface area (Å²) in [6.45, 7) is 0.479. The molecule has 3 rings (SSSR count). The van der Waals surface area contributed by atoms with E-state index in [-0.39, 0.29) is 22.0 Å². The van der Waals surface area contributed by atoms with Crippen LogP contribution in [0.1, 0.15) is 31.2 Å². The van der Waals surface area contributed by atoms with Gasteiger partial charge in [-0.2, -0.15) is 0 Å². The predicted octanol–water partition coefficient (Wildman–Crippen LogP) is 3.61. The summed E-state index contributed by atoms with van der Waals surface area (Å²) in [5.41, 5.74) is 1.12. The Morgan fingerprint density at radius 1 is 1.07 bits per heavy atom. The molecule has 1 fully saturated rings. The normalized spacial score (nSPS) is 19.3. The van der Waals surface area contributed by atoms with Gasteiger partial charge >= 0.3 is 6.03 Å². The van der Waals surface area contributed by atoms with Gasteiger partial charge in [0, 0.05) is 18.6 Å². The van der Waals surface area contributed by atoms with E-state index in [1.54, 1.807) is 0 Å². The van der Waals surface area contributed by atoms with Crippen LogP contribution < -0.4 is 15.4 Å². The van der Waals surface area contributed by atoms with Gasteiger partial charge in [0.2, 0.25) is 10.0 Å². The number of carbonyl (C=O) groups excluding carboxylic acids is 1. The molecule has 0 heterocycles. The fourth-order valence-electron chi connectivity index (χ4n) is 3.54. The summed E-state index contributed by atoms with van der Waals surface area (Å²) < 4.78 is 41.4. The first-order valence-corrected chi connectivity index (χ1v) is 11.8. The van der Waals surface area contributed by atoms with Crippen LogP contribution in [0.5, 0.6) is 0 Å². The monoisotopic (exact) mass is 453 g/mol. The average Bonchev–Trinajstić information content (AvgIpc) is 2.72. The smallest absolute Gasteiger partial charge is 0.315 e. The predicted molar refractivity (Wildman–Crippen MR) is 114 cm³/mol. The number of nitrogens with one attached hydrogen (secondary N) is 3. The number of rotatable bonds is 7. The molecular formula is C21H25ClFN3O3S. The van der Waals surface area contributed by atoms with Crippen molar-refractivity contribution in [1.82, 2.24) is 15.4 Å². The second-order valence-electron chi connectivity index (χ2n) is 7.33. The van der Waals surface area contributed by atoms with E-state index < -0.39 is 21.9 Å². The van der Waals surface area contributed by atoms with Gasteiger partial charge in [-0.25, -0.2) is 22.3 Å². The minimum Gasteiger partial charge on any atom is -0.338 e. The van der Waals surface area contributed by atoms with Gasteiger partial charge in [0.05, 0.1) is 9.92 Å². The van der Waals surface area contributed by atoms with Crippen LogP contribution >= 0.6 is 11.6 Å². The fraction of sp³-hybridized carbons (Fsp3) is 0.381. The molecule has 1 aliphatic rings. The molecule has 2 aromatic rings. The Hall–Kier alpha value is -2.16. The Bertz CT molecular complexity index is 973. The Morgan fingerprint density at radius 3 is 2.47 bits per heavy atom. The quantitative estimate of drug-likeness (QED) is 0.598.